The zero-order chi connectivity index (χ0) is 21.3. The Kier molecular flexibility index (Phi) is 5.57. The number of amides is 1. The van der Waals surface area contributed by atoms with E-state index >= 15 is 0 Å². The zero-order valence-corrected chi connectivity index (χ0v) is 17.5. The third kappa shape index (κ3) is 4.22. The van der Waals surface area contributed by atoms with Crippen LogP contribution in [0, 0.1) is 0 Å². The van der Waals surface area contributed by atoms with Crippen molar-refractivity contribution in [2.24, 2.45) is 0 Å². The van der Waals surface area contributed by atoms with Crippen molar-refractivity contribution in [1.29, 1.82) is 0 Å². The fourth-order valence-electron chi connectivity index (χ4n) is 3.08. The Morgan fingerprint density at radius 1 is 1.00 bits per heavy atom. The SMILES string of the molecule is CC(C)n1nc(C(=O)N[C@H](C)c2ccc(S(C)(=O)=O)cc2)c2ccccc2c1=O. The number of nitrogens with one attached hydrogen (secondary N) is 1. The van der Waals surface area contributed by atoms with E-state index < -0.39 is 15.7 Å². The Labute approximate surface area is 169 Å². The van der Waals surface area contributed by atoms with E-state index in [0.717, 1.165) is 11.8 Å². The highest BCUT2D eigenvalue weighted by molar-refractivity contribution is 7.90. The largest absolute Gasteiger partial charge is 0.344 e. The molecule has 152 valence electrons. The van der Waals surface area contributed by atoms with Crippen LogP contribution < -0.4 is 10.9 Å². The number of nitrogens with zero attached hydrogens (tertiary/aromatic N) is 2. The van der Waals surface area contributed by atoms with Crippen LogP contribution in [0.25, 0.3) is 10.8 Å². The monoisotopic (exact) mass is 413 g/mol. The summed E-state index contributed by atoms with van der Waals surface area (Å²) in [5, 5.41) is 8.12. The first kappa shape index (κ1) is 20.7. The molecule has 7 nitrogen and oxygen atoms in total. The third-order valence-corrected chi connectivity index (χ3v) is 5.82. The number of hydrogen-bond donors (Lipinski definition) is 1. The molecule has 29 heavy (non-hydrogen) atoms. The van der Waals surface area contributed by atoms with Gasteiger partial charge in [-0.15, -0.1) is 0 Å². The predicted octanol–water partition coefficient (Wildman–Crippen LogP) is 2.87. The Hall–Kier alpha value is -3.00. The van der Waals surface area contributed by atoms with Crippen molar-refractivity contribution in [2.75, 3.05) is 6.26 Å². The summed E-state index contributed by atoms with van der Waals surface area (Å²) >= 11 is 0. The molecule has 0 saturated heterocycles. The van der Waals surface area contributed by atoms with Gasteiger partial charge in [0, 0.05) is 11.6 Å². The van der Waals surface area contributed by atoms with Crippen molar-refractivity contribution in [3.63, 3.8) is 0 Å². The molecule has 0 aliphatic rings. The molecule has 0 radical (unpaired) electrons. The first-order valence-corrected chi connectivity index (χ1v) is 11.1. The van der Waals surface area contributed by atoms with E-state index in [1.807, 2.05) is 13.8 Å². The second-order valence-electron chi connectivity index (χ2n) is 7.27. The average molecular weight is 413 g/mol. The summed E-state index contributed by atoms with van der Waals surface area (Å²) in [5.74, 6) is -0.407. The Morgan fingerprint density at radius 2 is 1.59 bits per heavy atom. The Bertz CT molecular complexity index is 1230. The Morgan fingerprint density at radius 3 is 2.14 bits per heavy atom. The van der Waals surface area contributed by atoms with Crippen LogP contribution >= 0.6 is 0 Å². The molecular formula is C21H23N3O4S. The van der Waals surface area contributed by atoms with Crippen LogP contribution in [0.2, 0.25) is 0 Å². The molecule has 1 atom stereocenters. The fraction of sp³-hybridized carbons (Fsp3) is 0.286. The lowest BCUT2D eigenvalue weighted by Gasteiger charge is -2.17. The lowest BCUT2D eigenvalue weighted by molar-refractivity contribution is 0.0934. The minimum Gasteiger partial charge on any atom is -0.344 e. The van der Waals surface area contributed by atoms with Gasteiger partial charge in [0.1, 0.15) is 0 Å². The lowest BCUT2D eigenvalue weighted by Crippen LogP contribution is -2.32. The average Bonchev–Trinajstić information content (AvgIpc) is 2.67. The van der Waals surface area contributed by atoms with Crippen LogP contribution in [0.4, 0.5) is 0 Å². The lowest BCUT2D eigenvalue weighted by atomic mass is 10.1. The van der Waals surface area contributed by atoms with Gasteiger partial charge in [0.2, 0.25) is 0 Å². The zero-order valence-electron chi connectivity index (χ0n) is 16.7. The molecule has 1 aromatic heterocycles. The van der Waals surface area contributed by atoms with E-state index in [-0.39, 0.29) is 28.2 Å². The third-order valence-electron chi connectivity index (χ3n) is 4.69. The quantitative estimate of drug-likeness (QED) is 0.694. The van der Waals surface area contributed by atoms with E-state index in [0.29, 0.717) is 10.8 Å². The number of sulfone groups is 1. The van der Waals surface area contributed by atoms with Gasteiger partial charge >= 0.3 is 0 Å². The normalized spacial score (nSPS) is 12.9. The van der Waals surface area contributed by atoms with Gasteiger partial charge in [-0.3, -0.25) is 9.59 Å². The van der Waals surface area contributed by atoms with E-state index in [4.69, 9.17) is 0 Å². The van der Waals surface area contributed by atoms with Gasteiger partial charge in [0.15, 0.2) is 15.5 Å². The van der Waals surface area contributed by atoms with Crippen molar-refractivity contribution < 1.29 is 13.2 Å². The van der Waals surface area contributed by atoms with Gasteiger partial charge in [-0.05, 0) is 44.5 Å². The molecule has 0 bridgehead atoms. The second-order valence-corrected chi connectivity index (χ2v) is 9.29. The van der Waals surface area contributed by atoms with Crippen LogP contribution in [0.3, 0.4) is 0 Å². The maximum Gasteiger partial charge on any atom is 0.274 e. The van der Waals surface area contributed by atoms with Gasteiger partial charge in [0.05, 0.1) is 22.4 Å². The summed E-state index contributed by atoms with van der Waals surface area (Å²) in [6, 6.07) is 12.7. The number of fused-ring (bicyclic) bond motifs is 1. The van der Waals surface area contributed by atoms with Gasteiger partial charge in [-0.25, -0.2) is 13.1 Å². The number of hydrogen-bond acceptors (Lipinski definition) is 5. The number of benzene rings is 2. The van der Waals surface area contributed by atoms with Crippen LogP contribution in [-0.2, 0) is 9.84 Å². The molecule has 0 fully saturated rings. The molecule has 0 aliphatic carbocycles. The maximum atomic E-state index is 13.0. The molecule has 2 aromatic carbocycles. The molecular weight excluding hydrogens is 390 g/mol. The highest BCUT2D eigenvalue weighted by atomic mass is 32.2. The first-order valence-electron chi connectivity index (χ1n) is 9.22. The van der Waals surface area contributed by atoms with Gasteiger partial charge in [-0.2, -0.15) is 5.10 Å². The van der Waals surface area contributed by atoms with E-state index in [1.54, 1.807) is 43.3 Å². The van der Waals surface area contributed by atoms with Crippen molar-refractivity contribution in [3.8, 4) is 0 Å². The van der Waals surface area contributed by atoms with Gasteiger partial charge < -0.3 is 5.32 Å². The molecule has 0 aliphatic heterocycles. The molecule has 0 saturated carbocycles. The Balaban J connectivity index is 1.96. The number of rotatable bonds is 5. The summed E-state index contributed by atoms with van der Waals surface area (Å²) in [7, 11) is -3.28. The topological polar surface area (TPSA) is 98.1 Å². The van der Waals surface area contributed by atoms with Crippen molar-refractivity contribution in [2.45, 2.75) is 37.8 Å². The molecule has 0 unspecified atom stereocenters. The van der Waals surface area contributed by atoms with Crippen LogP contribution in [0.15, 0.2) is 58.2 Å². The van der Waals surface area contributed by atoms with Gasteiger partial charge in [0.25, 0.3) is 11.5 Å². The minimum absolute atomic E-state index is 0.175. The summed E-state index contributed by atoms with van der Waals surface area (Å²) in [6.07, 6.45) is 1.15. The van der Waals surface area contributed by atoms with E-state index in [1.165, 1.54) is 16.8 Å². The maximum absolute atomic E-state index is 13.0. The van der Waals surface area contributed by atoms with E-state index in [2.05, 4.69) is 10.4 Å². The molecule has 3 rings (SSSR count). The van der Waals surface area contributed by atoms with Crippen molar-refractivity contribution >= 4 is 26.5 Å². The highest BCUT2D eigenvalue weighted by Gasteiger charge is 2.20. The van der Waals surface area contributed by atoms with Crippen LogP contribution in [0.1, 0.15) is 48.9 Å². The van der Waals surface area contributed by atoms with E-state index in [9.17, 15) is 18.0 Å². The summed E-state index contributed by atoms with van der Waals surface area (Å²) in [5.41, 5.74) is 0.692. The number of aromatic nitrogens is 2. The summed E-state index contributed by atoms with van der Waals surface area (Å²) in [4.78, 5) is 25.8. The molecule has 1 heterocycles. The fourth-order valence-corrected chi connectivity index (χ4v) is 3.71. The molecule has 1 N–H and O–H groups in total. The highest BCUT2D eigenvalue weighted by Crippen LogP contribution is 2.19. The van der Waals surface area contributed by atoms with Crippen LogP contribution in [0.5, 0.6) is 0 Å². The molecule has 3 aromatic rings. The van der Waals surface area contributed by atoms with Gasteiger partial charge in [-0.1, -0.05) is 30.3 Å². The molecule has 1 amide bonds. The van der Waals surface area contributed by atoms with Crippen molar-refractivity contribution in [3.05, 3.63) is 70.1 Å². The summed E-state index contributed by atoms with van der Waals surface area (Å²) < 4.78 is 24.5. The first-order chi connectivity index (χ1) is 13.6. The smallest absolute Gasteiger partial charge is 0.274 e. The van der Waals surface area contributed by atoms with Crippen molar-refractivity contribution in [1.82, 2.24) is 15.1 Å². The van der Waals surface area contributed by atoms with Crippen LogP contribution in [-0.4, -0.2) is 30.4 Å². The molecule has 0 spiro atoms. The number of carbonyl (C=O) groups is 1. The second kappa shape index (κ2) is 7.79. The minimum atomic E-state index is -3.28. The number of carbonyl (C=O) groups excluding carboxylic acids is 1. The predicted molar refractivity (Wildman–Crippen MR) is 112 cm³/mol. The standard InChI is InChI=1S/C21H23N3O4S/c1-13(2)24-21(26)18-8-6-5-7-17(18)19(23-24)20(25)22-14(3)15-9-11-16(12-10-15)29(4,27)28/h5-14H,1-4H3,(H,22,25)/t14-/m1/s1. The summed E-state index contributed by atoms with van der Waals surface area (Å²) in [6.45, 7) is 5.46. The molecule has 8 heteroatoms.